The smallest absolute Gasteiger partial charge is 0.342 e. The molecule has 0 aromatic rings. The summed E-state index contributed by atoms with van der Waals surface area (Å²) in [7, 11) is 3.39. The van der Waals surface area contributed by atoms with E-state index in [1.807, 2.05) is 0 Å². The second-order valence-electron chi connectivity index (χ2n) is 2.95. The summed E-state index contributed by atoms with van der Waals surface area (Å²) in [4.78, 5) is 23.6. The summed E-state index contributed by atoms with van der Waals surface area (Å²) < 4.78 is 4.78. The highest BCUT2D eigenvalue weighted by atomic mass is 16.5. The summed E-state index contributed by atoms with van der Waals surface area (Å²) in [6.45, 7) is 2.11. The molecule has 0 heterocycles. The summed E-state index contributed by atoms with van der Waals surface area (Å²) in [5.41, 5.74) is -0.319. The molecule has 0 rings (SSSR count). The minimum atomic E-state index is -1.26. The van der Waals surface area contributed by atoms with Crippen molar-refractivity contribution in [3.05, 3.63) is 11.8 Å². The molecule has 0 radical (unpaired) electrons. The number of Topliss-reactive ketones (excluding diaryl/α,β-unsaturated/α-hetero) is 1. The zero-order chi connectivity index (χ0) is 11.1. The Morgan fingerprint density at radius 1 is 1.43 bits per heavy atom. The Morgan fingerprint density at radius 3 is 2.36 bits per heavy atom. The van der Waals surface area contributed by atoms with Crippen molar-refractivity contribution in [1.29, 1.82) is 0 Å². The van der Waals surface area contributed by atoms with E-state index in [2.05, 4.69) is 0 Å². The quantitative estimate of drug-likeness (QED) is 0.286. The molecule has 0 aromatic heterocycles. The predicted octanol–water partition coefficient (Wildman–Crippen LogP) is 0.122. The molecule has 0 aliphatic rings. The van der Waals surface area contributed by atoms with Crippen LogP contribution in [-0.4, -0.2) is 49.0 Å². The number of carbonyl (C=O) groups is 2. The molecule has 1 N–H and O–H groups in total. The van der Waals surface area contributed by atoms with Crippen LogP contribution in [-0.2, 0) is 14.3 Å². The van der Waals surface area contributed by atoms with Crippen molar-refractivity contribution >= 4 is 11.8 Å². The molecule has 0 atom stereocenters. The fourth-order valence-electron chi connectivity index (χ4n) is 0.774. The van der Waals surface area contributed by atoms with Crippen LogP contribution in [0.25, 0.3) is 0 Å². The molecule has 0 spiro atoms. The lowest BCUT2D eigenvalue weighted by Crippen LogP contribution is -2.26. The number of likely N-dealkylation sites (N-methyl/N-ethyl adjacent to an activating group) is 1. The molecular weight excluding hydrogens is 186 g/mol. The molecule has 0 saturated carbocycles. The first-order valence-corrected chi connectivity index (χ1v) is 4.22. The second kappa shape index (κ2) is 6.15. The number of aliphatic carboxylic acids is 1. The summed E-state index contributed by atoms with van der Waals surface area (Å²) in [5.74, 6) is -1.72. The van der Waals surface area contributed by atoms with Crippen molar-refractivity contribution in [3.63, 3.8) is 0 Å². The van der Waals surface area contributed by atoms with Crippen LogP contribution >= 0.6 is 0 Å². The number of rotatable bonds is 6. The lowest BCUT2D eigenvalue weighted by Gasteiger charge is -2.08. The Labute approximate surface area is 83.0 Å². The van der Waals surface area contributed by atoms with Crippen molar-refractivity contribution < 1.29 is 19.4 Å². The Balaban J connectivity index is 4.50. The molecule has 14 heavy (non-hydrogen) atoms. The standard InChI is InChI=1S/C9H15NO4/c1-4-14-6-7(9(12)13)8(11)5-10(2)3/h6H,4-5H2,1-3H3,(H,12,13)/b7-6+. The van der Waals surface area contributed by atoms with Crippen molar-refractivity contribution in [3.8, 4) is 0 Å². The highest BCUT2D eigenvalue weighted by molar-refractivity contribution is 6.17. The predicted molar refractivity (Wildman–Crippen MR) is 50.9 cm³/mol. The van der Waals surface area contributed by atoms with Gasteiger partial charge >= 0.3 is 5.97 Å². The van der Waals surface area contributed by atoms with E-state index in [1.165, 1.54) is 0 Å². The molecule has 0 bridgehead atoms. The van der Waals surface area contributed by atoms with Crippen LogP contribution in [0.5, 0.6) is 0 Å². The summed E-state index contributed by atoms with van der Waals surface area (Å²) in [6.07, 6.45) is 0.994. The van der Waals surface area contributed by atoms with Crippen LogP contribution < -0.4 is 0 Å². The maximum absolute atomic E-state index is 11.3. The minimum Gasteiger partial charge on any atom is -0.500 e. The van der Waals surface area contributed by atoms with Gasteiger partial charge in [-0.3, -0.25) is 4.79 Å². The van der Waals surface area contributed by atoms with Gasteiger partial charge in [-0.25, -0.2) is 4.79 Å². The number of carboxylic acids is 1. The maximum Gasteiger partial charge on any atom is 0.342 e. The van der Waals surface area contributed by atoms with Crippen LogP contribution in [0.15, 0.2) is 11.8 Å². The van der Waals surface area contributed by atoms with E-state index in [0.717, 1.165) is 6.26 Å². The number of ether oxygens (including phenoxy) is 1. The molecule has 0 aliphatic heterocycles. The molecule has 0 fully saturated rings. The monoisotopic (exact) mass is 201 g/mol. The number of carbonyl (C=O) groups excluding carboxylic acids is 1. The van der Waals surface area contributed by atoms with Crippen molar-refractivity contribution in [2.45, 2.75) is 6.92 Å². The van der Waals surface area contributed by atoms with E-state index < -0.39 is 11.8 Å². The lowest BCUT2D eigenvalue weighted by atomic mass is 10.2. The largest absolute Gasteiger partial charge is 0.500 e. The maximum atomic E-state index is 11.3. The van der Waals surface area contributed by atoms with Crippen molar-refractivity contribution in [1.82, 2.24) is 4.90 Å². The number of nitrogens with zero attached hydrogens (tertiary/aromatic N) is 1. The first-order valence-electron chi connectivity index (χ1n) is 4.22. The fourth-order valence-corrected chi connectivity index (χ4v) is 0.774. The van der Waals surface area contributed by atoms with Gasteiger partial charge in [0.2, 0.25) is 0 Å². The van der Waals surface area contributed by atoms with E-state index >= 15 is 0 Å². The van der Waals surface area contributed by atoms with Gasteiger partial charge in [-0.2, -0.15) is 0 Å². The average molecular weight is 201 g/mol. The van der Waals surface area contributed by atoms with Gasteiger partial charge in [0, 0.05) is 0 Å². The number of ketones is 1. The second-order valence-corrected chi connectivity index (χ2v) is 2.95. The van der Waals surface area contributed by atoms with E-state index in [-0.39, 0.29) is 12.1 Å². The van der Waals surface area contributed by atoms with Crippen LogP contribution in [0.4, 0.5) is 0 Å². The molecule has 80 valence electrons. The van der Waals surface area contributed by atoms with Gasteiger partial charge in [0.15, 0.2) is 5.78 Å². The first-order chi connectivity index (χ1) is 6.49. The molecule has 5 heteroatoms. The molecule has 0 amide bonds. The van der Waals surface area contributed by atoms with Crippen molar-refractivity contribution in [2.75, 3.05) is 27.2 Å². The van der Waals surface area contributed by atoms with Gasteiger partial charge in [0.25, 0.3) is 0 Å². The summed E-state index contributed by atoms with van der Waals surface area (Å²) >= 11 is 0. The lowest BCUT2D eigenvalue weighted by molar-refractivity contribution is -0.134. The third kappa shape index (κ3) is 4.61. The molecule has 0 aromatic carbocycles. The highest BCUT2D eigenvalue weighted by Crippen LogP contribution is 1.99. The van der Waals surface area contributed by atoms with E-state index in [4.69, 9.17) is 9.84 Å². The number of carboxylic acid groups (broad SMARTS) is 1. The van der Waals surface area contributed by atoms with E-state index in [0.29, 0.717) is 6.61 Å². The fraction of sp³-hybridized carbons (Fsp3) is 0.556. The molecular formula is C9H15NO4. The molecule has 0 unspecified atom stereocenters. The van der Waals surface area contributed by atoms with Gasteiger partial charge in [0.05, 0.1) is 13.2 Å². The highest BCUT2D eigenvalue weighted by Gasteiger charge is 2.18. The minimum absolute atomic E-state index is 0.0607. The van der Waals surface area contributed by atoms with Crippen LogP contribution in [0.3, 0.4) is 0 Å². The Bertz CT molecular complexity index is 245. The van der Waals surface area contributed by atoms with Gasteiger partial charge in [-0.15, -0.1) is 0 Å². The van der Waals surface area contributed by atoms with Gasteiger partial charge < -0.3 is 14.7 Å². The van der Waals surface area contributed by atoms with Gasteiger partial charge in [-0.05, 0) is 21.0 Å². The summed E-state index contributed by atoms with van der Waals surface area (Å²) in [5, 5.41) is 8.70. The van der Waals surface area contributed by atoms with Crippen LogP contribution in [0.1, 0.15) is 6.92 Å². The van der Waals surface area contributed by atoms with Gasteiger partial charge in [-0.1, -0.05) is 0 Å². The van der Waals surface area contributed by atoms with Crippen LogP contribution in [0.2, 0.25) is 0 Å². The molecule has 0 saturated heterocycles. The van der Waals surface area contributed by atoms with Crippen molar-refractivity contribution in [2.24, 2.45) is 0 Å². The molecule has 0 aliphatic carbocycles. The Kier molecular flexibility index (Phi) is 5.55. The van der Waals surface area contributed by atoms with E-state index in [1.54, 1.807) is 25.9 Å². The third-order valence-corrected chi connectivity index (χ3v) is 1.36. The SMILES string of the molecule is CCO/C=C(/C(=O)O)C(=O)CN(C)C. The number of hydrogen-bond acceptors (Lipinski definition) is 4. The Hall–Kier alpha value is -1.36. The third-order valence-electron chi connectivity index (χ3n) is 1.36. The Morgan fingerprint density at radius 2 is 2.00 bits per heavy atom. The zero-order valence-electron chi connectivity index (χ0n) is 8.61. The first kappa shape index (κ1) is 12.6. The molecule has 5 nitrogen and oxygen atoms in total. The number of hydrogen-bond donors (Lipinski definition) is 1. The summed E-state index contributed by atoms with van der Waals surface area (Å²) in [6, 6.07) is 0. The van der Waals surface area contributed by atoms with Gasteiger partial charge in [0.1, 0.15) is 11.8 Å². The van der Waals surface area contributed by atoms with E-state index in [9.17, 15) is 9.59 Å². The van der Waals surface area contributed by atoms with Crippen LogP contribution in [0, 0.1) is 0 Å². The zero-order valence-corrected chi connectivity index (χ0v) is 8.61. The average Bonchev–Trinajstić information content (AvgIpc) is 2.02. The topological polar surface area (TPSA) is 66.8 Å². The normalized spacial score (nSPS) is 11.6.